The first-order valence-electron chi connectivity index (χ1n) is 7.87. The zero-order valence-corrected chi connectivity index (χ0v) is 13.1. The highest BCUT2D eigenvalue weighted by Crippen LogP contribution is 2.18. The third-order valence-corrected chi connectivity index (χ3v) is 3.57. The van der Waals surface area contributed by atoms with E-state index in [4.69, 9.17) is 4.74 Å². The number of unbranched alkanes of at least 4 members (excludes halogenated alkanes) is 1. The topological polar surface area (TPSA) is 21.3 Å². The summed E-state index contributed by atoms with van der Waals surface area (Å²) >= 11 is 0. The van der Waals surface area contributed by atoms with Crippen molar-refractivity contribution in [1.82, 2.24) is 0 Å². The molecule has 0 bridgehead atoms. The first-order valence-corrected chi connectivity index (χ1v) is 7.87. The number of anilines is 1. The van der Waals surface area contributed by atoms with Crippen LogP contribution < -0.4 is 10.1 Å². The summed E-state index contributed by atoms with van der Waals surface area (Å²) in [5.74, 6) is 0.959. The summed E-state index contributed by atoms with van der Waals surface area (Å²) in [7, 11) is 0. The van der Waals surface area contributed by atoms with Crippen LogP contribution in [0, 0.1) is 0 Å². The molecule has 112 valence electrons. The number of rotatable bonds is 8. The van der Waals surface area contributed by atoms with E-state index in [9.17, 15) is 0 Å². The van der Waals surface area contributed by atoms with Crippen LogP contribution in [0.15, 0.2) is 48.5 Å². The highest BCUT2D eigenvalue weighted by molar-refractivity contribution is 5.51. The summed E-state index contributed by atoms with van der Waals surface area (Å²) < 4.78 is 5.68. The summed E-state index contributed by atoms with van der Waals surface area (Å²) in [5.41, 5.74) is 3.85. The quantitative estimate of drug-likeness (QED) is 0.685. The lowest BCUT2D eigenvalue weighted by atomic mass is 10.1. The first kappa shape index (κ1) is 15.4. The Morgan fingerprint density at radius 3 is 2.43 bits per heavy atom. The maximum absolute atomic E-state index is 5.68. The second-order valence-corrected chi connectivity index (χ2v) is 5.21. The van der Waals surface area contributed by atoms with Gasteiger partial charge in [0.2, 0.25) is 0 Å². The van der Waals surface area contributed by atoms with E-state index in [2.05, 4.69) is 67.7 Å². The minimum atomic E-state index is 0.804. The molecule has 0 fully saturated rings. The van der Waals surface area contributed by atoms with Gasteiger partial charge in [0.05, 0.1) is 6.61 Å². The minimum Gasteiger partial charge on any atom is -0.494 e. The van der Waals surface area contributed by atoms with Gasteiger partial charge < -0.3 is 10.1 Å². The molecule has 1 N–H and O–H groups in total. The Hall–Kier alpha value is -1.96. The molecule has 2 heteroatoms. The molecule has 2 aromatic carbocycles. The van der Waals surface area contributed by atoms with E-state index in [1.807, 2.05) is 0 Å². The molecule has 0 amide bonds. The molecule has 0 unspecified atom stereocenters. The molecule has 0 saturated heterocycles. The number of nitrogens with one attached hydrogen (secondary N) is 1. The number of aryl methyl sites for hydroxylation is 1. The average molecular weight is 283 g/mol. The third-order valence-electron chi connectivity index (χ3n) is 3.57. The van der Waals surface area contributed by atoms with E-state index in [1.54, 1.807) is 0 Å². The predicted molar refractivity (Wildman–Crippen MR) is 90.0 cm³/mol. The van der Waals surface area contributed by atoms with Crippen LogP contribution >= 0.6 is 0 Å². The highest BCUT2D eigenvalue weighted by Gasteiger charge is 2.00. The SMILES string of the molecule is CCCCOc1ccc(CNc2ccccc2CC)cc1. The fraction of sp³-hybridized carbons (Fsp3) is 0.368. The van der Waals surface area contributed by atoms with E-state index in [-0.39, 0.29) is 0 Å². The smallest absolute Gasteiger partial charge is 0.119 e. The summed E-state index contributed by atoms with van der Waals surface area (Å²) in [6, 6.07) is 16.8. The Balaban J connectivity index is 1.88. The molecule has 2 aromatic rings. The normalized spacial score (nSPS) is 10.4. The van der Waals surface area contributed by atoms with Gasteiger partial charge in [-0.2, -0.15) is 0 Å². The summed E-state index contributed by atoms with van der Waals surface area (Å²) in [5, 5.41) is 3.51. The standard InChI is InChI=1S/C19H25NO/c1-3-5-14-21-18-12-10-16(11-13-18)15-20-19-9-7-6-8-17(19)4-2/h6-13,20H,3-5,14-15H2,1-2H3. The monoisotopic (exact) mass is 283 g/mol. The third kappa shape index (κ3) is 4.82. The number of para-hydroxylation sites is 1. The van der Waals surface area contributed by atoms with Crippen molar-refractivity contribution in [1.29, 1.82) is 0 Å². The van der Waals surface area contributed by atoms with Gasteiger partial charge in [0, 0.05) is 12.2 Å². The molecule has 21 heavy (non-hydrogen) atoms. The maximum atomic E-state index is 5.68. The molecule has 2 nitrogen and oxygen atoms in total. The lowest BCUT2D eigenvalue weighted by Crippen LogP contribution is -2.02. The summed E-state index contributed by atoms with van der Waals surface area (Å²) in [4.78, 5) is 0. The van der Waals surface area contributed by atoms with Crippen molar-refractivity contribution in [3.8, 4) is 5.75 Å². The number of benzene rings is 2. The Morgan fingerprint density at radius 2 is 1.71 bits per heavy atom. The largest absolute Gasteiger partial charge is 0.494 e. The number of hydrogen-bond acceptors (Lipinski definition) is 2. The summed E-state index contributed by atoms with van der Waals surface area (Å²) in [6.07, 6.45) is 3.32. The molecule has 0 aliphatic carbocycles. The van der Waals surface area contributed by atoms with Gasteiger partial charge in [-0.15, -0.1) is 0 Å². The average Bonchev–Trinajstić information content (AvgIpc) is 2.54. The van der Waals surface area contributed by atoms with E-state index < -0.39 is 0 Å². The lowest BCUT2D eigenvalue weighted by molar-refractivity contribution is 0.309. The van der Waals surface area contributed by atoms with Crippen molar-refractivity contribution in [2.75, 3.05) is 11.9 Å². The number of hydrogen-bond donors (Lipinski definition) is 1. The Labute approximate surface area is 128 Å². The van der Waals surface area contributed by atoms with Crippen molar-refractivity contribution in [2.24, 2.45) is 0 Å². The molecule has 0 aliphatic heterocycles. The van der Waals surface area contributed by atoms with Crippen molar-refractivity contribution < 1.29 is 4.74 Å². The van der Waals surface area contributed by atoms with Crippen molar-refractivity contribution in [2.45, 2.75) is 39.7 Å². The van der Waals surface area contributed by atoms with Crippen LogP contribution in [0.5, 0.6) is 5.75 Å². The Kier molecular flexibility index (Phi) is 6.14. The van der Waals surface area contributed by atoms with Crippen LogP contribution in [0.2, 0.25) is 0 Å². The second-order valence-electron chi connectivity index (χ2n) is 5.21. The minimum absolute atomic E-state index is 0.804. The zero-order valence-electron chi connectivity index (χ0n) is 13.1. The van der Waals surface area contributed by atoms with Crippen molar-refractivity contribution in [3.63, 3.8) is 0 Å². The maximum Gasteiger partial charge on any atom is 0.119 e. The van der Waals surface area contributed by atoms with Gasteiger partial charge in [0.1, 0.15) is 5.75 Å². The molecule has 0 atom stereocenters. The van der Waals surface area contributed by atoms with Crippen molar-refractivity contribution in [3.05, 3.63) is 59.7 Å². The van der Waals surface area contributed by atoms with Gasteiger partial charge >= 0.3 is 0 Å². The first-order chi connectivity index (χ1) is 10.3. The van der Waals surface area contributed by atoms with Gasteiger partial charge in [0.15, 0.2) is 0 Å². The molecular weight excluding hydrogens is 258 g/mol. The van der Waals surface area contributed by atoms with Gasteiger partial charge in [-0.25, -0.2) is 0 Å². The van der Waals surface area contributed by atoms with Gasteiger partial charge in [-0.05, 0) is 42.2 Å². The molecule has 0 radical (unpaired) electrons. The fourth-order valence-electron chi connectivity index (χ4n) is 2.24. The molecule has 2 rings (SSSR count). The van der Waals surface area contributed by atoms with Crippen LogP contribution in [0.3, 0.4) is 0 Å². The molecule has 0 spiro atoms. The Bertz CT molecular complexity index is 534. The van der Waals surface area contributed by atoms with Crippen LogP contribution in [-0.2, 0) is 13.0 Å². The van der Waals surface area contributed by atoms with E-state index >= 15 is 0 Å². The van der Waals surface area contributed by atoms with Crippen LogP contribution in [0.1, 0.15) is 37.8 Å². The van der Waals surface area contributed by atoms with E-state index in [1.165, 1.54) is 23.2 Å². The summed E-state index contributed by atoms with van der Waals surface area (Å²) in [6.45, 7) is 6.00. The van der Waals surface area contributed by atoms with Gasteiger partial charge in [-0.1, -0.05) is 50.6 Å². The van der Waals surface area contributed by atoms with Crippen molar-refractivity contribution >= 4 is 5.69 Å². The van der Waals surface area contributed by atoms with Gasteiger partial charge in [0.25, 0.3) is 0 Å². The van der Waals surface area contributed by atoms with Crippen LogP contribution in [-0.4, -0.2) is 6.61 Å². The molecule has 0 aliphatic rings. The second kappa shape index (κ2) is 8.35. The fourth-order valence-corrected chi connectivity index (χ4v) is 2.24. The van der Waals surface area contributed by atoms with Crippen LogP contribution in [0.25, 0.3) is 0 Å². The Morgan fingerprint density at radius 1 is 0.952 bits per heavy atom. The number of ether oxygens (including phenoxy) is 1. The zero-order chi connectivity index (χ0) is 14.9. The molecule has 0 heterocycles. The van der Waals surface area contributed by atoms with E-state index in [0.717, 1.165) is 31.7 Å². The molecule has 0 aromatic heterocycles. The predicted octanol–water partition coefficient (Wildman–Crippen LogP) is 5.04. The molecule has 0 saturated carbocycles. The van der Waals surface area contributed by atoms with E-state index in [0.29, 0.717) is 0 Å². The van der Waals surface area contributed by atoms with Crippen LogP contribution in [0.4, 0.5) is 5.69 Å². The lowest BCUT2D eigenvalue weighted by Gasteiger charge is -2.11. The molecular formula is C19H25NO. The highest BCUT2D eigenvalue weighted by atomic mass is 16.5. The van der Waals surface area contributed by atoms with Gasteiger partial charge in [-0.3, -0.25) is 0 Å².